The first-order valence-corrected chi connectivity index (χ1v) is 9.97. The van der Waals surface area contributed by atoms with E-state index in [0.29, 0.717) is 30.1 Å². The van der Waals surface area contributed by atoms with Crippen LogP contribution in [-0.2, 0) is 4.79 Å². The Bertz CT molecular complexity index is 641. The summed E-state index contributed by atoms with van der Waals surface area (Å²) in [5, 5.41) is 12.2. The van der Waals surface area contributed by atoms with Gasteiger partial charge in [0.15, 0.2) is 0 Å². The molecule has 3 rings (SSSR count). The molecule has 3 heterocycles. The van der Waals surface area contributed by atoms with Crippen molar-refractivity contribution >= 4 is 17.6 Å². The molecule has 2 fully saturated rings. The predicted molar refractivity (Wildman–Crippen MR) is 103 cm³/mol. The molecule has 0 saturated carbocycles. The van der Waals surface area contributed by atoms with Crippen molar-refractivity contribution in [1.82, 2.24) is 14.8 Å². The Kier molecular flexibility index (Phi) is 6.66. The molecule has 2 aliphatic rings. The summed E-state index contributed by atoms with van der Waals surface area (Å²) in [5.41, 5.74) is 0.600. The molecule has 0 radical (unpaired) electrons. The van der Waals surface area contributed by atoms with E-state index in [4.69, 9.17) is 5.11 Å². The van der Waals surface area contributed by atoms with E-state index in [-0.39, 0.29) is 24.5 Å². The summed E-state index contributed by atoms with van der Waals surface area (Å²) >= 11 is 0. The lowest BCUT2D eigenvalue weighted by molar-refractivity contribution is -0.128. The molecular weight excluding hydrogens is 344 g/mol. The monoisotopic (exact) mass is 374 g/mol. The summed E-state index contributed by atoms with van der Waals surface area (Å²) in [4.78, 5) is 32.7. The number of nitrogens with one attached hydrogen (secondary N) is 1. The van der Waals surface area contributed by atoms with Gasteiger partial charge in [0.1, 0.15) is 5.82 Å². The lowest BCUT2D eigenvalue weighted by atomic mass is 9.96. The van der Waals surface area contributed by atoms with Crippen LogP contribution >= 0.6 is 0 Å². The molecule has 0 spiro atoms. The summed E-state index contributed by atoms with van der Waals surface area (Å²) in [6, 6.07) is 3.75. The number of aliphatic hydroxyl groups is 1. The zero-order chi connectivity index (χ0) is 19.2. The van der Waals surface area contributed by atoms with Gasteiger partial charge in [-0.1, -0.05) is 0 Å². The molecule has 1 aromatic heterocycles. The minimum Gasteiger partial charge on any atom is -0.396 e. The maximum absolute atomic E-state index is 12.7. The highest BCUT2D eigenvalue weighted by molar-refractivity contribution is 5.94. The Morgan fingerprint density at radius 1 is 1.33 bits per heavy atom. The second-order valence-electron chi connectivity index (χ2n) is 7.67. The van der Waals surface area contributed by atoms with Gasteiger partial charge < -0.3 is 20.2 Å². The number of carbonyl (C=O) groups excluding carboxylic acids is 2. The molecule has 7 heteroatoms. The van der Waals surface area contributed by atoms with E-state index in [1.165, 1.54) is 0 Å². The van der Waals surface area contributed by atoms with Gasteiger partial charge in [0.05, 0.1) is 5.56 Å². The fourth-order valence-corrected chi connectivity index (χ4v) is 3.83. The van der Waals surface area contributed by atoms with Crippen LogP contribution in [0.25, 0.3) is 0 Å². The molecule has 1 atom stereocenters. The number of aromatic nitrogens is 1. The van der Waals surface area contributed by atoms with Crippen LogP contribution in [0.3, 0.4) is 0 Å². The topological polar surface area (TPSA) is 85.8 Å². The molecule has 2 amide bonds. The van der Waals surface area contributed by atoms with Gasteiger partial charge in [-0.3, -0.25) is 9.59 Å². The molecular formula is C20H30N4O3. The highest BCUT2D eigenvalue weighted by Gasteiger charge is 2.28. The Hall–Kier alpha value is -2.15. The van der Waals surface area contributed by atoms with E-state index < -0.39 is 0 Å². The van der Waals surface area contributed by atoms with Crippen molar-refractivity contribution in [3.05, 3.63) is 23.9 Å². The summed E-state index contributed by atoms with van der Waals surface area (Å²) in [6.07, 6.45) is 5.83. The van der Waals surface area contributed by atoms with Gasteiger partial charge in [-0.05, 0) is 50.7 Å². The zero-order valence-electron chi connectivity index (χ0n) is 16.1. The largest absolute Gasteiger partial charge is 0.396 e. The van der Waals surface area contributed by atoms with Crippen molar-refractivity contribution in [2.24, 2.45) is 5.92 Å². The summed E-state index contributed by atoms with van der Waals surface area (Å²) in [6.45, 7) is 5.32. The number of carbonyl (C=O) groups is 2. The quantitative estimate of drug-likeness (QED) is 0.759. The molecule has 2 saturated heterocycles. The zero-order valence-corrected chi connectivity index (χ0v) is 16.1. The highest BCUT2D eigenvalue weighted by atomic mass is 16.3. The van der Waals surface area contributed by atoms with Crippen LogP contribution in [0.15, 0.2) is 18.3 Å². The smallest absolute Gasteiger partial charge is 0.255 e. The first-order valence-electron chi connectivity index (χ1n) is 9.97. The van der Waals surface area contributed by atoms with Gasteiger partial charge in [0.25, 0.3) is 5.91 Å². The number of nitrogens with zero attached hydrogens (tertiary/aromatic N) is 3. The number of hydrogen-bond acceptors (Lipinski definition) is 5. The van der Waals surface area contributed by atoms with Gasteiger partial charge in [-0.25, -0.2) is 4.98 Å². The van der Waals surface area contributed by atoms with Gasteiger partial charge in [-0.15, -0.1) is 0 Å². The second kappa shape index (κ2) is 9.17. The van der Waals surface area contributed by atoms with Crippen LogP contribution in [0, 0.1) is 5.92 Å². The van der Waals surface area contributed by atoms with E-state index in [0.717, 1.165) is 45.4 Å². The Morgan fingerprint density at radius 3 is 2.70 bits per heavy atom. The van der Waals surface area contributed by atoms with E-state index in [2.05, 4.69) is 10.3 Å². The van der Waals surface area contributed by atoms with Crippen molar-refractivity contribution in [3.8, 4) is 0 Å². The average molecular weight is 374 g/mol. The number of hydrogen-bond donors (Lipinski definition) is 2. The third-order valence-corrected chi connectivity index (χ3v) is 5.52. The first-order chi connectivity index (χ1) is 13.1. The molecule has 0 aliphatic carbocycles. The third-order valence-electron chi connectivity index (χ3n) is 5.52. The van der Waals surface area contributed by atoms with Crippen molar-refractivity contribution in [2.45, 2.75) is 45.1 Å². The minimum absolute atomic E-state index is 0.0214. The van der Waals surface area contributed by atoms with Crippen LogP contribution < -0.4 is 5.32 Å². The van der Waals surface area contributed by atoms with Crippen LogP contribution in [0.5, 0.6) is 0 Å². The molecule has 2 aliphatic heterocycles. The molecule has 7 nitrogen and oxygen atoms in total. The second-order valence-corrected chi connectivity index (χ2v) is 7.67. The Balaban J connectivity index is 1.48. The fraction of sp³-hybridized carbons (Fsp3) is 0.650. The lowest BCUT2D eigenvalue weighted by Crippen LogP contribution is -2.41. The lowest BCUT2D eigenvalue weighted by Gasteiger charge is -2.34. The highest BCUT2D eigenvalue weighted by Crippen LogP contribution is 2.22. The van der Waals surface area contributed by atoms with E-state index >= 15 is 0 Å². The minimum atomic E-state index is 0.0214. The number of rotatable bonds is 7. The Morgan fingerprint density at radius 2 is 2.11 bits per heavy atom. The van der Waals surface area contributed by atoms with Gasteiger partial charge >= 0.3 is 0 Å². The fourth-order valence-electron chi connectivity index (χ4n) is 3.83. The number of likely N-dealkylation sites (tertiary alicyclic amines) is 2. The summed E-state index contributed by atoms with van der Waals surface area (Å²) in [7, 11) is 0. The van der Waals surface area contributed by atoms with E-state index in [1.54, 1.807) is 12.3 Å². The van der Waals surface area contributed by atoms with Crippen molar-refractivity contribution in [1.29, 1.82) is 0 Å². The summed E-state index contributed by atoms with van der Waals surface area (Å²) in [5.74, 6) is 1.50. The van der Waals surface area contributed by atoms with Crippen molar-refractivity contribution < 1.29 is 14.7 Å². The number of aliphatic hydroxyl groups excluding tert-OH is 1. The molecule has 1 aromatic rings. The van der Waals surface area contributed by atoms with E-state index in [9.17, 15) is 9.59 Å². The van der Waals surface area contributed by atoms with Gasteiger partial charge in [-0.2, -0.15) is 0 Å². The Labute approximate surface area is 160 Å². The normalized spacial score (nSPS) is 19.4. The van der Waals surface area contributed by atoms with Gasteiger partial charge in [0, 0.05) is 51.4 Å². The molecule has 27 heavy (non-hydrogen) atoms. The summed E-state index contributed by atoms with van der Waals surface area (Å²) < 4.78 is 0. The molecule has 2 N–H and O–H groups in total. The maximum Gasteiger partial charge on any atom is 0.255 e. The number of piperidine rings is 1. The average Bonchev–Trinajstić information content (AvgIpc) is 3.07. The SMILES string of the molecule is C[C@H](CCO)Nc1ccc(C(=O)N2CCC(CN3CCCC3=O)CC2)cn1. The molecule has 0 bridgehead atoms. The van der Waals surface area contributed by atoms with Crippen molar-refractivity contribution in [2.75, 3.05) is 38.1 Å². The van der Waals surface area contributed by atoms with Gasteiger partial charge in [0.2, 0.25) is 5.91 Å². The molecule has 0 unspecified atom stereocenters. The number of pyridine rings is 1. The first kappa shape index (κ1) is 19.6. The van der Waals surface area contributed by atoms with Crippen LogP contribution in [0.1, 0.15) is 49.4 Å². The van der Waals surface area contributed by atoms with Crippen LogP contribution in [0.2, 0.25) is 0 Å². The molecule has 148 valence electrons. The van der Waals surface area contributed by atoms with Crippen LogP contribution in [-0.4, -0.2) is 70.5 Å². The maximum atomic E-state index is 12.7. The molecule has 0 aromatic carbocycles. The van der Waals surface area contributed by atoms with Crippen LogP contribution in [0.4, 0.5) is 5.82 Å². The van der Waals surface area contributed by atoms with Crippen molar-refractivity contribution in [3.63, 3.8) is 0 Å². The predicted octanol–water partition coefficient (Wildman–Crippen LogP) is 1.74. The van der Waals surface area contributed by atoms with E-state index in [1.807, 2.05) is 22.8 Å². The standard InChI is InChI=1S/C20H30N4O3/c1-15(8-12-25)22-18-5-4-17(13-21-18)20(27)23-10-6-16(7-11-23)14-24-9-2-3-19(24)26/h4-5,13,15-16,25H,2-3,6-12,14H2,1H3,(H,21,22)/t15-/m1/s1. The number of amides is 2. The number of anilines is 1. The third kappa shape index (κ3) is 5.19.